The first kappa shape index (κ1) is 13.0. The van der Waals surface area contributed by atoms with Gasteiger partial charge in [0, 0.05) is 23.0 Å². The van der Waals surface area contributed by atoms with E-state index in [4.69, 9.17) is 5.11 Å². The molecule has 1 aromatic carbocycles. The largest absolute Gasteiger partial charge is 0.477 e. The molecular formula is C15H13N3O3. The van der Waals surface area contributed by atoms with Crippen molar-refractivity contribution in [3.05, 3.63) is 53.5 Å². The number of aromatic carboxylic acids is 1. The summed E-state index contributed by atoms with van der Waals surface area (Å²) in [6, 6.07) is 8.76. The molecule has 3 rings (SSSR count). The molecule has 106 valence electrons. The average molecular weight is 283 g/mol. The number of hydrogen-bond donors (Lipinski definition) is 4. The van der Waals surface area contributed by atoms with E-state index in [9.17, 15) is 9.59 Å². The lowest BCUT2D eigenvalue weighted by Crippen LogP contribution is -2.14. The fourth-order valence-corrected chi connectivity index (χ4v) is 2.24. The number of nitrogens with one attached hydrogen (secondary N) is 3. The third-order valence-electron chi connectivity index (χ3n) is 3.23. The Bertz CT molecular complexity index is 845. The number of aryl methyl sites for hydroxylation is 1. The van der Waals surface area contributed by atoms with Gasteiger partial charge in [-0.1, -0.05) is 6.07 Å². The zero-order chi connectivity index (χ0) is 15.0. The van der Waals surface area contributed by atoms with E-state index in [1.807, 2.05) is 12.1 Å². The van der Waals surface area contributed by atoms with Gasteiger partial charge >= 0.3 is 5.97 Å². The molecule has 0 aliphatic rings. The maximum atomic E-state index is 12.2. The van der Waals surface area contributed by atoms with Gasteiger partial charge in [0.2, 0.25) is 0 Å². The number of amides is 1. The number of H-pyrrole nitrogens is 2. The van der Waals surface area contributed by atoms with Gasteiger partial charge in [-0.05, 0) is 36.6 Å². The molecule has 2 heterocycles. The number of hydrogen-bond acceptors (Lipinski definition) is 2. The highest BCUT2D eigenvalue weighted by Gasteiger charge is 2.16. The normalized spacial score (nSPS) is 10.7. The van der Waals surface area contributed by atoms with Crippen LogP contribution in [-0.2, 0) is 0 Å². The molecule has 2 aromatic heterocycles. The highest BCUT2D eigenvalue weighted by molar-refractivity contribution is 6.08. The summed E-state index contributed by atoms with van der Waals surface area (Å²) in [5.74, 6) is -1.47. The second-order valence-corrected chi connectivity index (χ2v) is 4.78. The summed E-state index contributed by atoms with van der Waals surface area (Å²) in [5, 5.41) is 12.7. The van der Waals surface area contributed by atoms with Crippen LogP contribution in [0.2, 0.25) is 0 Å². The summed E-state index contributed by atoms with van der Waals surface area (Å²) in [7, 11) is 0. The summed E-state index contributed by atoms with van der Waals surface area (Å²) in [6.07, 6.45) is 1.80. The minimum absolute atomic E-state index is 0.0261. The Morgan fingerprint density at radius 2 is 2.00 bits per heavy atom. The van der Waals surface area contributed by atoms with Gasteiger partial charge in [0.1, 0.15) is 5.69 Å². The topological polar surface area (TPSA) is 98.0 Å². The Morgan fingerprint density at radius 1 is 1.19 bits per heavy atom. The number of rotatable bonds is 3. The van der Waals surface area contributed by atoms with Gasteiger partial charge in [-0.2, -0.15) is 0 Å². The second-order valence-electron chi connectivity index (χ2n) is 4.78. The van der Waals surface area contributed by atoms with Crippen molar-refractivity contribution < 1.29 is 14.7 Å². The Morgan fingerprint density at radius 3 is 2.76 bits per heavy atom. The standard InChI is InChI=1S/C15H13N3O3/c1-8-6-12(13(17-8)15(20)21)18-14(19)10-3-2-9-4-5-16-11(9)7-10/h2-7,16-17H,1H3,(H,18,19)(H,20,21). The number of aromatic amines is 2. The first-order valence-corrected chi connectivity index (χ1v) is 6.36. The van der Waals surface area contributed by atoms with E-state index in [0.29, 0.717) is 11.3 Å². The van der Waals surface area contributed by atoms with Crippen LogP contribution < -0.4 is 5.32 Å². The van der Waals surface area contributed by atoms with Gasteiger partial charge in [-0.15, -0.1) is 0 Å². The minimum atomic E-state index is -1.11. The van der Waals surface area contributed by atoms with Crippen molar-refractivity contribution in [1.29, 1.82) is 0 Å². The lowest BCUT2D eigenvalue weighted by atomic mass is 10.1. The van der Waals surface area contributed by atoms with E-state index >= 15 is 0 Å². The van der Waals surface area contributed by atoms with E-state index in [1.165, 1.54) is 0 Å². The molecule has 0 atom stereocenters. The van der Waals surface area contributed by atoms with Gasteiger partial charge < -0.3 is 20.4 Å². The third-order valence-corrected chi connectivity index (χ3v) is 3.23. The fourth-order valence-electron chi connectivity index (χ4n) is 2.24. The van der Waals surface area contributed by atoms with Crippen LogP contribution in [0.25, 0.3) is 10.9 Å². The van der Waals surface area contributed by atoms with Gasteiger partial charge in [0.25, 0.3) is 5.91 Å². The molecule has 0 saturated heterocycles. The number of benzene rings is 1. The van der Waals surface area contributed by atoms with E-state index in [1.54, 1.807) is 31.3 Å². The van der Waals surface area contributed by atoms with Crippen molar-refractivity contribution in [2.75, 3.05) is 5.32 Å². The highest BCUT2D eigenvalue weighted by atomic mass is 16.4. The number of fused-ring (bicyclic) bond motifs is 1. The first-order chi connectivity index (χ1) is 10.0. The lowest BCUT2D eigenvalue weighted by Gasteiger charge is -2.04. The van der Waals surface area contributed by atoms with Crippen LogP contribution >= 0.6 is 0 Å². The van der Waals surface area contributed by atoms with Crippen LogP contribution in [0.1, 0.15) is 26.5 Å². The van der Waals surface area contributed by atoms with Crippen LogP contribution in [0.15, 0.2) is 36.5 Å². The lowest BCUT2D eigenvalue weighted by molar-refractivity contribution is 0.0692. The molecule has 3 aromatic rings. The summed E-state index contributed by atoms with van der Waals surface area (Å²) >= 11 is 0. The van der Waals surface area contributed by atoms with Crippen molar-refractivity contribution >= 4 is 28.5 Å². The molecule has 0 fully saturated rings. The van der Waals surface area contributed by atoms with Crippen LogP contribution in [0.5, 0.6) is 0 Å². The Balaban J connectivity index is 1.90. The number of carbonyl (C=O) groups is 2. The minimum Gasteiger partial charge on any atom is -0.477 e. The Hall–Kier alpha value is -3.02. The molecule has 0 aliphatic heterocycles. The average Bonchev–Trinajstić information content (AvgIpc) is 3.04. The fraction of sp³-hybridized carbons (Fsp3) is 0.0667. The van der Waals surface area contributed by atoms with Gasteiger partial charge in [-0.25, -0.2) is 4.79 Å². The number of carbonyl (C=O) groups excluding carboxylic acids is 1. The van der Waals surface area contributed by atoms with Gasteiger partial charge in [0.15, 0.2) is 0 Å². The molecule has 0 bridgehead atoms. The summed E-state index contributed by atoms with van der Waals surface area (Å²) in [4.78, 5) is 29.1. The maximum Gasteiger partial charge on any atom is 0.354 e. The summed E-state index contributed by atoms with van der Waals surface area (Å²) < 4.78 is 0. The van der Waals surface area contributed by atoms with E-state index in [-0.39, 0.29) is 17.3 Å². The summed E-state index contributed by atoms with van der Waals surface area (Å²) in [6.45, 7) is 1.73. The van der Waals surface area contributed by atoms with Crippen molar-refractivity contribution in [3.63, 3.8) is 0 Å². The zero-order valence-corrected chi connectivity index (χ0v) is 11.2. The maximum absolute atomic E-state index is 12.2. The number of aromatic nitrogens is 2. The second kappa shape index (κ2) is 4.82. The van der Waals surface area contributed by atoms with Crippen molar-refractivity contribution in [1.82, 2.24) is 9.97 Å². The van der Waals surface area contributed by atoms with Crippen LogP contribution in [-0.4, -0.2) is 27.0 Å². The monoisotopic (exact) mass is 283 g/mol. The predicted molar refractivity (Wildman–Crippen MR) is 78.7 cm³/mol. The Kier molecular flexibility index (Phi) is 2.98. The molecule has 1 amide bonds. The molecule has 0 saturated carbocycles. The molecule has 0 unspecified atom stereocenters. The zero-order valence-electron chi connectivity index (χ0n) is 11.2. The Labute approximate surface area is 119 Å². The number of carboxylic acids is 1. The van der Waals surface area contributed by atoms with Crippen molar-refractivity contribution in [2.45, 2.75) is 6.92 Å². The van der Waals surface area contributed by atoms with E-state index in [0.717, 1.165) is 10.9 Å². The molecular weight excluding hydrogens is 270 g/mol. The first-order valence-electron chi connectivity index (χ1n) is 6.36. The summed E-state index contributed by atoms with van der Waals surface area (Å²) in [5.41, 5.74) is 2.22. The molecule has 21 heavy (non-hydrogen) atoms. The van der Waals surface area contributed by atoms with Crippen molar-refractivity contribution in [3.8, 4) is 0 Å². The van der Waals surface area contributed by atoms with Gasteiger partial charge in [0.05, 0.1) is 5.69 Å². The quantitative estimate of drug-likeness (QED) is 0.595. The molecule has 0 spiro atoms. The van der Waals surface area contributed by atoms with Crippen LogP contribution in [0.3, 0.4) is 0 Å². The molecule has 6 nitrogen and oxygen atoms in total. The van der Waals surface area contributed by atoms with Crippen LogP contribution in [0, 0.1) is 6.92 Å². The van der Waals surface area contributed by atoms with Crippen LogP contribution in [0.4, 0.5) is 5.69 Å². The van der Waals surface area contributed by atoms with Crippen molar-refractivity contribution in [2.24, 2.45) is 0 Å². The molecule has 4 N–H and O–H groups in total. The molecule has 0 aliphatic carbocycles. The SMILES string of the molecule is Cc1cc(NC(=O)c2ccc3cc[nH]c3c2)c(C(=O)O)[nH]1. The van der Waals surface area contributed by atoms with E-state index in [2.05, 4.69) is 15.3 Å². The smallest absolute Gasteiger partial charge is 0.354 e. The predicted octanol–water partition coefficient (Wildman–Crippen LogP) is 2.75. The highest BCUT2D eigenvalue weighted by Crippen LogP contribution is 2.19. The number of carboxylic acid groups (broad SMARTS) is 1. The third kappa shape index (κ3) is 2.38. The molecule has 6 heteroatoms. The van der Waals surface area contributed by atoms with Gasteiger partial charge in [-0.3, -0.25) is 4.79 Å². The van der Waals surface area contributed by atoms with E-state index < -0.39 is 5.97 Å². The number of anilines is 1. The molecule has 0 radical (unpaired) electrons.